The molecule has 0 aliphatic carbocycles. The van der Waals surface area contributed by atoms with Gasteiger partial charge >= 0.3 is 0 Å². The van der Waals surface area contributed by atoms with Gasteiger partial charge in [-0.3, -0.25) is 4.79 Å². The molecule has 1 aromatic rings. The van der Waals surface area contributed by atoms with E-state index in [-0.39, 0.29) is 5.91 Å². The number of nitrogens with one attached hydrogen (secondary N) is 1. The Labute approximate surface area is 112 Å². The highest BCUT2D eigenvalue weighted by atomic mass is 35.5. The van der Waals surface area contributed by atoms with Crippen molar-refractivity contribution in [1.82, 2.24) is 10.2 Å². The summed E-state index contributed by atoms with van der Waals surface area (Å²) < 4.78 is 5.22. The Balaban J connectivity index is 2.23. The van der Waals surface area contributed by atoms with Crippen LogP contribution in [0.15, 0.2) is 18.2 Å². The van der Waals surface area contributed by atoms with Crippen molar-refractivity contribution >= 4 is 17.5 Å². The van der Waals surface area contributed by atoms with Crippen LogP contribution >= 0.6 is 11.6 Å². The van der Waals surface area contributed by atoms with Gasteiger partial charge in [0.15, 0.2) is 0 Å². The van der Waals surface area contributed by atoms with E-state index in [1.807, 2.05) is 4.90 Å². The highest BCUT2D eigenvalue weighted by Crippen LogP contribution is 2.24. The number of rotatable bonds is 2. The summed E-state index contributed by atoms with van der Waals surface area (Å²) in [5, 5.41) is 3.82. The van der Waals surface area contributed by atoms with Crippen LogP contribution in [-0.2, 0) is 0 Å². The molecule has 0 aromatic heterocycles. The molecule has 1 aliphatic heterocycles. The number of amides is 1. The van der Waals surface area contributed by atoms with Crippen molar-refractivity contribution in [3.8, 4) is 5.75 Å². The molecule has 0 atom stereocenters. The Morgan fingerprint density at radius 2 is 2.22 bits per heavy atom. The van der Waals surface area contributed by atoms with Gasteiger partial charge in [-0.2, -0.15) is 0 Å². The topological polar surface area (TPSA) is 41.6 Å². The number of ether oxygens (including phenoxy) is 1. The molecule has 0 spiro atoms. The molecule has 1 aliphatic rings. The fourth-order valence-corrected chi connectivity index (χ4v) is 2.24. The summed E-state index contributed by atoms with van der Waals surface area (Å²) in [4.78, 5) is 14.3. The van der Waals surface area contributed by atoms with Crippen LogP contribution in [0, 0.1) is 0 Å². The molecular formula is C13H17ClN2O2. The molecule has 0 radical (unpaired) electrons. The molecule has 2 rings (SSSR count). The van der Waals surface area contributed by atoms with E-state index in [4.69, 9.17) is 16.3 Å². The van der Waals surface area contributed by atoms with E-state index in [0.29, 0.717) is 22.9 Å². The highest BCUT2D eigenvalue weighted by molar-refractivity contribution is 6.31. The third-order valence-electron chi connectivity index (χ3n) is 3.02. The van der Waals surface area contributed by atoms with Crippen molar-refractivity contribution in [3.63, 3.8) is 0 Å². The predicted molar refractivity (Wildman–Crippen MR) is 71.4 cm³/mol. The highest BCUT2D eigenvalue weighted by Gasteiger charge is 2.20. The van der Waals surface area contributed by atoms with Crippen LogP contribution in [0.5, 0.6) is 5.75 Å². The lowest BCUT2D eigenvalue weighted by atomic mass is 10.1. The lowest BCUT2D eigenvalue weighted by Crippen LogP contribution is -2.34. The van der Waals surface area contributed by atoms with Gasteiger partial charge < -0.3 is 15.0 Å². The minimum Gasteiger partial charge on any atom is -0.496 e. The number of benzene rings is 1. The maximum Gasteiger partial charge on any atom is 0.257 e. The second-order valence-electron chi connectivity index (χ2n) is 4.24. The third-order valence-corrected chi connectivity index (χ3v) is 3.25. The molecule has 1 saturated heterocycles. The lowest BCUT2D eigenvalue weighted by Gasteiger charge is -2.21. The van der Waals surface area contributed by atoms with Crippen molar-refractivity contribution in [1.29, 1.82) is 0 Å². The average Bonchev–Trinajstić information content (AvgIpc) is 2.66. The molecule has 1 aromatic carbocycles. The van der Waals surface area contributed by atoms with Crippen LogP contribution < -0.4 is 10.1 Å². The van der Waals surface area contributed by atoms with Crippen LogP contribution in [0.1, 0.15) is 16.8 Å². The molecule has 5 heteroatoms. The summed E-state index contributed by atoms with van der Waals surface area (Å²) in [6.07, 6.45) is 0.967. The number of nitrogens with zero attached hydrogens (tertiary/aromatic N) is 1. The monoisotopic (exact) mass is 268 g/mol. The quantitative estimate of drug-likeness (QED) is 0.889. The van der Waals surface area contributed by atoms with E-state index >= 15 is 0 Å². The zero-order chi connectivity index (χ0) is 13.0. The van der Waals surface area contributed by atoms with Crippen molar-refractivity contribution in [2.24, 2.45) is 0 Å². The smallest absolute Gasteiger partial charge is 0.257 e. The number of hydrogen-bond donors (Lipinski definition) is 1. The number of halogens is 1. The van der Waals surface area contributed by atoms with Crippen molar-refractivity contribution in [2.75, 3.05) is 33.3 Å². The van der Waals surface area contributed by atoms with Crippen LogP contribution in [0.25, 0.3) is 0 Å². The Bertz CT molecular complexity index is 429. The standard InChI is InChI=1S/C13H17ClN2O2/c1-18-12-4-3-10(14)9-11(12)13(17)16-7-2-5-15-6-8-16/h3-4,9,15H,2,5-8H2,1H3. The molecule has 1 amide bonds. The molecule has 1 fully saturated rings. The molecule has 1 heterocycles. The summed E-state index contributed by atoms with van der Waals surface area (Å²) in [6, 6.07) is 5.12. The number of methoxy groups -OCH3 is 1. The lowest BCUT2D eigenvalue weighted by molar-refractivity contribution is 0.0763. The summed E-state index contributed by atoms with van der Waals surface area (Å²) in [6.45, 7) is 3.26. The molecule has 98 valence electrons. The van der Waals surface area contributed by atoms with Gasteiger partial charge in [0.1, 0.15) is 5.75 Å². The Morgan fingerprint density at radius 3 is 3.00 bits per heavy atom. The zero-order valence-electron chi connectivity index (χ0n) is 10.4. The second-order valence-corrected chi connectivity index (χ2v) is 4.68. The van der Waals surface area contributed by atoms with Gasteiger partial charge in [0.2, 0.25) is 0 Å². The Hall–Kier alpha value is -1.26. The first-order valence-corrected chi connectivity index (χ1v) is 6.43. The summed E-state index contributed by atoms with van der Waals surface area (Å²) in [5.74, 6) is 0.555. The minimum absolute atomic E-state index is 0.0157. The van der Waals surface area contributed by atoms with E-state index in [0.717, 1.165) is 26.1 Å². The fourth-order valence-electron chi connectivity index (χ4n) is 2.07. The number of carbonyl (C=O) groups is 1. The van der Waals surface area contributed by atoms with E-state index in [9.17, 15) is 4.79 Å². The predicted octanol–water partition coefficient (Wildman–Crippen LogP) is 1.78. The Morgan fingerprint density at radius 1 is 1.39 bits per heavy atom. The number of hydrogen-bond acceptors (Lipinski definition) is 3. The molecular weight excluding hydrogens is 252 g/mol. The van der Waals surface area contributed by atoms with E-state index in [1.165, 1.54) is 0 Å². The molecule has 18 heavy (non-hydrogen) atoms. The molecule has 0 saturated carbocycles. The van der Waals surface area contributed by atoms with Crippen LogP contribution in [0.4, 0.5) is 0 Å². The van der Waals surface area contributed by atoms with Crippen molar-refractivity contribution in [2.45, 2.75) is 6.42 Å². The average molecular weight is 269 g/mol. The van der Waals surface area contributed by atoms with E-state index < -0.39 is 0 Å². The molecule has 0 unspecified atom stereocenters. The summed E-state index contributed by atoms with van der Waals surface area (Å²) in [5.41, 5.74) is 0.534. The van der Waals surface area contributed by atoms with Crippen molar-refractivity contribution in [3.05, 3.63) is 28.8 Å². The summed E-state index contributed by atoms with van der Waals surface area (Å²) in [7, 11) is 1.56. The molecule has 0 bridgehead atoms. The first-order chi connectivity index (χ1) is 8.72. The SMILES string of the molecule is COc1ccc(Cl)cc1C(=O)N1CCCNCC1. The van der Waals surface area contributed by atoms with Gasteiger partial charge in [-0.05, 0) is 31.2 Å². The summed E-state index contributed by atoms with van der Waals surface area (Å²) >= 11 is 5.95. The van der Waals surface area contributed by atoms with E-state index in [2.05, 4.69) is 5.32 Å². The van der Waals surface area contributed by atoms with Gasteiger partial charge in [-0.15, -0.1) is 0 Å². The maximum atomic E-state index is 12.4. The molecule has 1 N–H and O–H groups in total. The van der Waals surface area contributed by atoms with Crippen LogP contribution in [-0.4, -0.2) is 44.1 Å². The van der Waals surface area contributed by atoms with Gasteiger partial charge in [-0.1, -0.05) is 11.6 Å². The number of carbonyl (C=O) groups excluding carboxylic acids is 1. The zero-order valence-corrected chi connectivity index (χ0v) is 11.2. The van der Waals surface area contributed by atoms with Crippen molar-refractivity contribution < 1.29 is 9.53 Å². The largest absolute Gasteiger partial charge is 0.496 e. The fraction of sp³-hybridized carbons (Fsp3) is 0.462. The van der Waals surface area contributed by atoms with Crippen LogP contribution in [0.2, 0.25) is 5.02 Å². The van der Waals surface area contributed by atoms with E-state index in [1.54, 1.807) is 25.3 Å². The minimum atomic E-state index is -0.0157. The van der Waals surface area contributed by atoms with Gasteiger partial charge in [0.05, 0.1) is 12.7 Å². The first kappa shape index (κ1) is 13.2. The van der Waals surface area contributed by atoms with Gasteiger partial charge in [-0.25, -0.2) is 0 Å². The van der Waals surface area contributed by atoms with Gasteiger partial charge in [0.25, 0.3) is 5.91 Å². The second kappa shape index (κ2) is 6.07. The first-order valence-electron chi connectivity index (χ1n) is 6.06. The maximum absolute atomic E-state index is 12.4. The third kappa shape index (κ3) is 2.94. The Kier molecular flexibility index (Phi) is 4.44. The normalized spacial score (nSPS) is 16.2. The van der Waals surface area contributed by atoms with Crippen LogP contribution in [0.3, 0.4) is 0 Å². The van der Waals surface area contributed by atoms with Gasteiger partial charge in [0, 0.05) is 24.7 Å². The molecule has 4 nitrogen and oxygen atoms in total.